The number of hydrogen-bond acceptors (Lipinski definition) is 9. The minimum atomic E-state index is -4.20. The molecule has 1 atom stereocenters. The van der Waals surface area contributed by atoms with E-state index in [1.807, 2.05) is 13.8 Å². The number of aromatic nitrogens is 2. The fourth-order valence-electron chi connectivity index (χ4n) is 3.65. The largest absolute Gasteiger partial charge is 0.438 e. The number of nitrogens with zero attached hydrogens (tertiary/aromatic N) is 3. The lowest BCUT2D eigenvalue weighted by Crippen LogP contribution is -2.32. The van der Waals surface area contributed by atoms with Crippen LogP contribution in [0.4, 0.5) is 5.69 Å². The molecule has 1 aromatic heterocycles. The smallest absolute Gasteiger partial charge is 0.272 e. The molecule has 14 heteroatoms. The lowest BCUT2D eigenvalue weighted by molar-refractivity contribution is -0.385. The van der Waals surface area contributed by atoms with Gasteiger partial charge in [-0.25, -0.2) is 17.8 Å². The van der Waals surface area contributed by atoms with Crippen molar-refractivity contribution in [1.29, 1.82) is 0 Å². The molecule has 3 rings (SSSR count). The van der Waals surface area contributed by atoms with E-state index in [9.17, 15) is 23.3 Å². The van der Waals surface area contributed by atoms with Crippen LogP contribution in [-0.4, -0.2) is 68.5 Å². The van der Waals surface area contributed by atoms with Gasteiger partial charge in [-0.2, -0.15) is 5.10 Å². The van der Waals surface area contributed by atoms with Gasteiger partial charge in [-0.1, -0.05) is 0 Å². The second-order valence-corrected chi connectivity index (χ2v) is 10.3. The highest BCUT2D eigenvalue weighted by Gasteiger charge is 2.28. The minimum Gasteiger partial charge on any atom is -0.438 e. The zero-order valence-electron chi connectivity index (χ0n) is 20.6. The number of amides is 1. The lowest BCUT2D eigenvalue weighted by atomic mass is 10.2. The summed E-state index contributed by atoms with van der Waals surface area (Å²) in [5, 5.41) is 18.5. The Labute approximate surface area is 209 Å². The maximum Gasteiger partial charge on any atom is 0.272 e. The Balaban J connectivity index is 1.96. The molecule has 198 valence electrons. The Morgan fingerprint density at radius 3 is 2.75 bits per heavy atom. The number of nitro groups is 1. The molecule has 1 amide bonds. The fourth-order valence-corrected chi connectivity index (χ4v) is 4.81. The zero-order valence-corrected chi connectivity index (χ0v) is 21.5. The van der Waals surface area contributed by atoms with Crippen molar-refractivity contribution in [2.75, 3.05) is 33.4 Å². The monoisotopic (exact) mass is 525 g/mol. The molecule has 0 radical (unpaired) electrons. The number of carbonyl (C=O) groups excluding carboxylic acids is 1. The van der Waals surface area contributed by atoms with Gasteiger partial charge in [0.2, 0.25) is 15.9 Å². The number of carbonyl (C=O) groups is 1. The van der Waals surface area contributed by atoms with Crippen LogP contribution in [0.25, 0.3) is 0 Å². The van der Waals surface area contributed by atoms with Gasteiger partial charge in [-0.15, -0.1) is 0 Å². The zero-order chi connectivity index (χ0) is 26.5. The maximum absolute atomic E-state index is 13.0. The van der Waals surface area contributed by atoms with E-state index in [0.717, 1.165) is 25.0 Å². The molecule has 36 heavy (non-hydrogen) atoms. The van der Waals surface area contributed by atoms with Crippen LogP contribution in [0.15, 0.2) is 23.1 Å². The summed E-state index contributed by atoms with van der Waals surface area (Å²) in [6.45, 7) is 6.37. The van der Waals surface area contributed by atoms with Gasteiger partial charge in [0.05, 0.1) is 23.7 Å². The number of non-ortho nitro benzene ring substituents is 1. The van der Waals surface area contributed by atoms with Crippen molar-refractivity contribution in [1.82, 2.24) is 19.8 Å². The van der Waals surface area contributed by atoms with Crippen molar-refractivity contribution in [3.8, 4) is 11.6 Å². The summed E-state index contributed by atoms with van der Waals surface area (Å²) in [7, 11) is -2.78. The Kier molecular flexibility index (Phi) is 9.00. The summed E-state index contributed by atoms with van der Waals surface area (Å²) >= 11 is 0. The van der Waals surface area contributed by atoms with E-state index >= 15 is 0 Å². The van der Waals surface area contributed by atoms with Crippen LogP contribution in [0.3, 0.4) is 0 Å². The van der Waals surface area contributed by atoms with Crippen molar-refractivity contribution in [2.24, 2.45) is 0 Å². The molecule has 0 spiro atoms. The highest BCUT2D eigenvalue weighted by molar-refractivity contribution is 7.89. The number of sulfonamides is 1. The molecule has 2 heterocycles. The summed E-state index contributed by atoms with van der Waals surface area (Å²) in [5.41, 5.74) is 0.0987. The van der Waals surface area contributed by atoms with E-state index in [2.05, 4.69) is 15.1 Å². The second kappa shape index (κ2) is 11.8. The summed E-state index contributed by atoms with van der Waals surface area (Å²) < 4.78 is 46.1. The van der Waals surface area contributed by atoms with Crippen molar-refractivity contribution >= 4 is 21.6 Å². The van der Waals surface area contributed by atoms with Crippen LogP contribution < -0.4 is 14.8 Å². The predicted molar refractivity (Wildman–Crippen MR) is 129 cm³/mol. The van der Waals surface area contributed by atoms with Crippen molar-refractivity contribution < 1.29 is 32.3 Å². The first kappa shape index (κ1) is 27.5. The lowest BCUT2D eigenvalue weighted by Gasteiger charge is -2.15. The number of hydrogen-bond donors (Lipinski definition) is 2. The van der Waals surface area contributed by atoms with Crippen LogP contribution in [0.1, 0.15) is 48.8 Å². The van der Waals surface area contributed by atoms with E-state index in [1.54, 1.807) is 6.92 Å². The highest BCUT2D eigenvalue weighted by atomic mass is 32.2. The predicted octanol–water partition coefficient (Wildman–Crippen LogP) is 2.31. The van der Waals surface area contributed by atoms with Crippen LogP contribution in [0.2, 0.25) is 0 Å². The maximum atomic E-state index is 13.0. The molecule has 2 N–H and O–H groups in total. The third-order valence-electron chi connectivity index (χ3n) is 5.54. The molecule has 13 nitrogen and oxygen atoms in total. The first-order valence-corrected chi connectivity index (χ1v) is 13.0. The van der Waals surface area contributed by atoms with E-state index in [1.165, 1.54) is 17.9 Å². The van der Waals surface area contributed by atoms with Gasteiger partial charge >= 0.3 is 0 Å². The number of nitro benzene ring substituents is 1. The molecule has 1 fully saturated rings. The molecule has 0 bridgehead atoms. The third-order valence-corrected chi connectivity index (χ3v) is 7.03. The normalized spacial score (nSPS) is 15.9. The first-order chi connectivity index (χ1) is 17.0. The molecule has 0 aliphatic carbocycles. The SMILES string of the molecule is COCCNS(=O)(=O)c1cc([N+](=O)[O-])ccc1Oc1c(C)c(C(=O)NC[C@H]2CCCO2)nn1C(C)C. The van der Waals surface area contributed by atoms with Crippen LogP contribution in [0.5, 0.6) is 11.6 Å². The van der Waals surface area contributed by atoms with Gasteiger partial charge in [0.15, 0.2) is 5.69 Å². The summed E-state index contributed by atoms with van der Waals surface area (Å²) in [5.74, 6) is -0.416. The van der Waals surface area contributed by atoms with Gasteiger partial charge in [-0.3, -0.25) is 14.9 Å². The molecule has 0 unspecified atom stereocenters. The molecular formula is C22H31N5O8S. The summed E-state index contributed by atoms with van der Waals surface area (Å²) in [6.07, 6.45) is 1.76. The molecule has 1 saturated heterocycles. The Hall–Kier alpha value is -3.07. The average Bonchev–Trinajstić information content (AvgIpc) is 3.46. The number of methoxy groups -OCH3 is 1. The fraction of sp³-hybridized carbons (Fsp3) is 0.545. The first-order valence-electron chi connectivity index (χ1n) is 11.5. The number of ether oxygens (including phenoxy) is 3. The van der Waals surface area contributed by atoms with E-state index in [-0.39, 0.29) is 42.6 Å². The molecular weight excluding hydrogens is 494 g/mol. The molecule has 0 saturated carbocycles. The Morgan fingerprint density at radius 1 is 1.39 bits per heavy atom. The van der Waals surface area contributed by atoms with Gasteiger partial charge in [0.25, 0.3) is 11.6 Å². The molecule has 2 aromatic rings. The summed E-state index contributed by atoms with van der Waals surface area (Å²) in [6, 6.07) is 3.03. The Bertz CT molecular complexity index is 1210. The van der Waals surface area contributed by atoms with E-state index < -0.39 is 31.4 Å². The minimum absolute atomic E-state index is 0.0427. The highest BCUT2D eigenvalue weighted by Crippen LogP contribution is 2.35. The van der Waals surface area contributed by atoms with Crippen molar-refractivity contribution in [3.05, 3.63) is 39.6 Å². The quantitative estimate of drug-likeness (QED) is 0.240. The van der Waals surface area contributed by atoms with Crippen molar-refractivity contribution in [3.63, 3.8) is 0 Å². The second-order valence-electron chi connectivity index (χ2n) is 8.54. The third kappa shape index (κ3) is 6.37. The van der Waals surface area contributed by atoms with Crippen LogP contribution >= 0.6 is 0 Å². The van der Waals surface area contributed by atoms with Gasteiger partial charge in [0, 0.05) is 44.5 Å². The van der Waals surface area contributed by atoms with E-state index in [4.69, 9.17) is 14.2 Å². The molecule has 1 aliphatic heterocycles. The van der Waals surface area contributed by atoms with Gasteiger partial charge in [-0.05, 0) is 39.7 Å². The number of benzene rings is 1. The van der Waals surface area contributed by atoms with Crippen molar-refractivity contribution in [2.45, 2.75) is 50.7 Å². The standard InChI is InChI=1S/C22H31N5O8S/c1-14(2)26-22(15(3)20(25-26)21(28)23-13-17-6-5-10-34-17)35-18-8-7-16(27(29)30)12-19(18)36(31,32)24-9-11-33-4/h7-8,12,14,17,24H,5-6,9-11,13H2,1-4H3,(H,23,28)/t17-/m1/s1. The molecule has 1 aromatic carbocycles. The molecule has 1 aliphatic rings. The van der Waals surface area contributed by atoms with Crippen LogP contribution in [-0.2, 0) is 19.5 Å². The Morgan fingerprint density at radius 2 is 2.14 bits per heavy atom. The number of nitrogens with one attached hydrogen (secondary N) is 2. The van der Waals surface area contributed by atoms with Gasteiger partial charge in [0.1, 0.15) is 10.6 Å². The van der Waals surface area contributed by atoms with Gasteiger partial charge < -0.3 is 19.5 Å². The van der Waals surface area contributed by atoms with E-state index in [0.29, 0.717) is 18.7 Å². The average molecular weight is 526 g/mol. The topological polar surface area (TPSA) is 164 Å². The summed E-state index contributed by atoms with van der Waals surface area (Å²) in [4.78, 5) is 23.0. The van der Waals surface area contributed by atoms with Crippen LogP contribution in [0, 0.1) is 17.0 Å². The number of rotatable bonds is 12.